The van der Waals surface area contributed by atoms with Crippen LogP contribution in [0.3, 0.4) is 0 Å². The average molecular weight is 220 g/mol. The molecule has 1 aromatic carbocycles. The van der Waals surface area contributed by atoms with Crippen LogP contribution in [0.4, 0.5) is 0 Å². The highest BCUT2D eigenvalue weighted by Crippen LogP contribution is 2.28. The molecule has 1 nitrogen and oxygen atoms in total. The van der Waals surface area contributed by atoms with Gasteiger partial charge in [-0.05, 0) is 38.8 Å². The van der Waals surface area contributed by atoms with E-state index in [1.165, 1.54) is 16.7 Å². The molecular formula is C13H21AlO. The van der Waals surface area contributed by atoms with Crippen molar-refractivity contribution < 1.29 is 3.79 Å². The zero-order chi connectivity index (χ0) is 11.6. The van der Waals surface area contributed by atoms with Gasteiger partial charge in [0.1, 0.15) is 0 Å². The number of rotatable bonds is 3. The summed E-state index contributed by atoms with van der Waals surface area (Å²) in [7, 11) is 0. The molecule has 0 unspecified atom stereocenters. The largest absolute Gasteiger partial charge is 0.493 e. The maximum absolute atomic E-state index is 6.08. The summed E-state index contributed by atoms with van der Waals surface area (Å²) in [6, 6.07) is 6.58. The van der Waals surface area contributed by atoms with E-state index in [1.54, 1.807) is 0 Å². The van der Waals surface area contributed by atoms with E-state index >= 15 is 0 Å². The van der Waals surface area contributed by atoms with Crippen LogP contribution in [0, 0.1) is 13.8 Å². The fourth-order valence-corrected chi connectivity index (χ4v) is 3.45. The van der Waals surface area contributed by atoms with Gasteiger partial charge in [0, 0.05) is 0 Å². The van der Waals surface area contributed by atoms with Crippen molar-refractivity contribution in [2.45, 2.75) is 44.9 Å². The molecule has 0 aromatic heterocycles. The molecule has 0 aliphatic carbocycles. The van der Waals surface area contributed by atoms with Gasteiger partial charge in [0.05, 0.1) is 5.60 Å². The minimum atomic E-state index is -0.998. The van der Waals surface area contributed by atoms with Crippen LogP contribution in [0.15, 0.2) is 18.2 Å². The highest BCUT2D eigenvalue weighted by Gasteiger charge is 2.25. The van der Waals surface area contributed by atoms with Crippen LogP contribution in [0.5, 0.6) is 0 Å². The molecule has 1 aromatic rings. The van der Waals surface area contributed by atoms with Gasteiger partial charge in [0.15, 0.2) is 0 Å². The molecule has 0 fully saturated rings. The maximum atomic E-state index is 6.08. The Kier molecular flexibility index (Phi) is 4.01. The molecule has 1 rings (SSSR count). The minimum Gasteiger partial charge on any atom is -0.493 e. The highest BCUT2D eigenvalue weighted by molar-refractivity contribution is 6.48. The van der Waals surface area contributed by atoms with Gasteiger partial charge >= 0.3 is 14.5 Å². The van der Waals surface area contributed by atoms with Crippen LogP contribution < -0.4 is 0 Å². The molecular weight excluding hydrogens is 199 g/mol. The average Bonchev–Trinajstić information content (AvgIpc) is 1.99. The Morgan fingerprint density at radius 1 is 1.13 bits per heavy atom. The fraction of sp³-hybridized carbons (Fsp3) is 0.538. The van der Waals surface area contributed by atoms with Gasteiger partial charge in [0.2, 0.25) is 0 Å². The molecule has 0 heterocycles. The summed E-state index contributed by atoms with van der Waals surface area (Å²) >= 11 is -0.998. The Morgan fingerprint density at radius 2 is 1.73 bits per heavy atom. The van der Waals surface area contributed by atoms with Crippen molar-refractivity contribution in [3.05, 3.63) is 34.9 Å². The van der Waals surface area contributed by atoms with Gasteiger partial charge < -0.3 is 3.79 Å². The van der Waals surface area contributed by atoms with E-state index in [-0.39, 0.29) is 5.60 Å². The normalized spacial score (nSPS) is 11.6. The number of hydrogen-bond acceptors (Lipinski definition) is 1. The second kappa shape index (κ2) is 4.70. The fourth-order valence-electron chi connectivity index (χ4n) is 2.14. The number of hydrogen-bond donors (Lipinski definition) is 0. The lowest BCUT2D eigenvalue weighted by Crippen LogP contribution is -2.28. The monoisotopic (exact) mass is 220 g/mol. The molecule has 0 bridgehead atoms. The molecule has 0 amide bonds. The van der Waals surface area contributed by atoms with Gasteiger partial charge in [-0.15, -0.1) is 0 Å². The molecule has 0 spiro atoms. The summed E-state index contributed by atoms with van der Waals surface area (Å²) in [6.45, 7) is 8.62. The lowest BCUT2D eigenvalue weighted by molar-refractivity contribution is 0.108. The second-order valence-corrected chi connectivity index (χ2v) is 7.33. The SMILES string of the molecule is Cc1ccc(C(C)(C)[O][Al]([CH3])[CH3])c(C)c1. The van der Waals surface area contributed by atoms with Crippen LogP contribution >= 0.6 is 0 Å². The summed E-state index contributed by atoms with van der Waals surface area (Å²) in [5.74, 6) is 4.43. The predicted octanol–water partition coefficient (Wildman–Crippen LogP) is 3.81. The van der Waals surface area contributed by atoms with Crippen molar-refractivity contribution >= 4 is 14.5 Å². The van der Waals surface area contributed by atoms with Crippen molar-refractivity contribution in [2.75, 3.05) is 0 Å². The Hall–Kier alpha value is -0.288. The summed E-state index contributed by atoms with van der Waals surface area (Å²) in [5.41, 5.74) is 3.82. The van der Waals surface area contributed by atoms with Gasteiger partial charge in [0.25, 0.3) is 0 Å². The van der Waals surface area contributed by atoms with Crippen molar-refractivity contribution in [3.8, 4) is 0 Å². The standard InChI is InChI=1S/C11H15O.2CH3.Al/c1-8-5-6-10(9(2)7-8)11(3,4)12;;;/h5-7H,1-4H3;2*1H3;/q-1;;;+1. The molecule has 0 aliphatic rings. The Balaban J connectivity index is 3.04. The van der Waals surface area contributed by atoms with Crippen molar-refractivity contribution in [1.82, 2.24) is 0 Å². The third kappa shape index (κ3) is 3.35. The Labute approximate surface area is 98.2 Å². The maximum Gasteiger partial charge on any atom is 0.454 e. The molecule has 0 radical (unpaired) electrons. The number of benzene rings is 1. The molecule has 82 valence electrons. The number of aryl methyl sites for hydroxylation is 2. The zero-order valence-corrected chi connectivity index (χ0v) is 11.9. The van der Waals surface area contributed by atoms with Crippen LogP contribution in [0.1, 0.15) is 30.5 Å². The van der Waals surface area contributed by atoms with E-state index in [0.29, 0.717) is 0 Å². The topological polar surface area (TPSA) is 9.23 Å². The molecule has 0 saturated carbocycles. The van der Waals surface area contributed by atoms with Crippen LogP contribution in [0.25, 0.3) is 0 Å². The van der Waals surface area contributed by atoms with E-state index in [0.717, 1.165) is 0 Å². The van der Waals surface area contributed by atoms with Crippen LogP contribution in [-0.4, -0.2) is 14.5 Å². The lowest BCUT2D eigenvalue weighted by Gasteiger charge is -2.30. The van der Waals surface area contributed by atoms with E-state index in [1.807, 2.05) is 0 Å². The summed E-state index contributed by atoms with van der Waals surface area (Å²) in [5, 5.41) is 0. The van der Waals surface area contributed by atoms with Gasteiger partial charge in [-0.1, -0.05) is 35.3 Å². The predicted molar refractivity (Wildman–Crippen MR) is 67.5 cm³/mol. The second-order valence-electron chi connectivity index (χ2n) is 5.00. The van der Waals surface area contributed by atoms with E-state index in [4.69, 9.17) is 3.79 Å². The summed E-state index contributed by atoms with van der Waals surface area (Å²) in [6.07, 6.45) is 0. The van der Waals surface area contributed by atoms with Crippen LogP contribution in [0.2, 0.25) is 11.6 Å². The van der Waals surface area contributed by atoms with Crippen molar-refractivity contribution in [3.63, 3.8) is 0 Å². The quantitative estimate of drug-likeness (QED) is 0.704. The van der Waals surface area contributed by atoms with Crippen molar-refractivity contribution in [2.24, 2.45) is 0 Å². The first-order valence-corrected chi connectivity index (χ1v) is 8.36. The van der Waals surface area contributed by atoms with Gasteiger partial charge in [-0.25, -0.2) is 0 Å². The molecule has 15 heavy (non-hydrogen) atoms. The first kappa shape index (κ1) is 12.8. The highest BCUT2D eigenvalue weighted by atomic mass is 27.2. The summed E-state index contributed by atoms with van der Waals surface area (Å²) in [4.78, 5) is 0. The van der Waals surface area contributed by atoms with Crippen LogP contribution in [-0.2, 0) is 9.39 Å². The minimum absolute atomic E-state index is 0.141. The smallest absolute Gasteiger partial charge is 0.454 e. The third-order valence-corrected chi connectivity index (χ3v) is 3.62. The van der Waals surface area contributed by atoms with E-state index in [2.05, 4.69) is 57.5 Å². The summed E-state index contributed by atoms with van der Waals surface area (Å²) < 4.78 is 6.08. The Morgan fingerprint density at radius 3 is 2.20 bits per heavy atom. The molecule has 0 N–H and O–H groups in total. The van der Waals surface area contributed by atoms with Crippen molar-refractivity contribution in [1.29, 1.82) is 0 Å². The third-order valence-electron chi connectivity index (χ3n) is 2.56. The molecule has 0 saturated heterocycles. The first-order chi connectivity index (χ1) is 6.83. The Bertz CT molecular complexity index is 342. The van der Waals surface area contributed by atoms with E-state index in [9.17, 15) is 0 Å². The molecule has 0 aliphatic heterocycles. The lowest BCUT2D eigenvalue weighted by atomic mass is 9.93. The van der Waals surface area contributed by atoms with Gasteiger partial charge in [-0.2, -0.15) is 0 Å². The molecule has 0 atom stereocenters. The first-order valence-electron chi connectivity index (χ1n) is 5.58. The van der Waals surface area contributed by atoms with E-state index < -0.39 is 14.5 Å². The van der Waals surface area contributed by atoms with Gasteiger partial charge in [-0.3, -0.25) is 0 Å². The zero-order valence-electron chi connectivity index (χ0n) is 10.7. The molecule has 2 heteroatoms.